The summed E-state index contributed by atoms with van der Waals surface area (Å²) in [5.41, 5.74) is -0.648. The molecule has 0 aromatic heterocycles. The molecule has 1 aliphatic carbocycles. The van der Waals surface area contributed by atoms with Gasteiger partial charge in [0.1, 0.15) is 5.54 Å². The van der Waals surface area contributed by atoms with Gasteiger partial charge in [0, 0.05) is 0 Å². The lowest BCUT2D eigenvalue weighted by Gasteiger charge is -2.32. The molecule has 0 aromatic carbocycles. The highest BCUT2D eigenvalue weighted by Gasteiger charge is 2.50. The van der Waals surface area contributed by atoms with Crippen LogP contribution < -0.4 is 5.32 Å². The topological polar surface area (TPSA) is 49.3 Å². The highest BCUT2D eigenvalue weighted by molar-refractivity contribution is 5.79. The van der Waals surface area contributed by atoms with Crippen molar-refractivity contribution in [1.29, 1.82) is 0 Å². The number of carboxylic acid groups (broad SMARTS) is 1. The Morgan fingerprint density at radius 1 is 1.46 bits per heavy atom. The average Bonchev–Trinajstić information content (AvgIpc) is 2.47. The van der Waals surface area contributed by atoms with Gasteiger partial charge in [-0.1, -0.05) is 12.8 Å². The highest BCUT2D eigenvalue weighted by Crippen LogP contribution is 2.41. The van der Waals surface area contributed by atoms with Crippen LogP contribution in [0.3, 0.4) is 0 Å². The molecule has 0 aromatic rings. The highest BCUT2D eigenvalue weighted by atomic mass is 16.4. The third-order valence-corrected chi connectivity index (χ3v) is 3.83. The van der Waals surface area contributed by atoms with Gasteiger partial charge in [0.25, 0.3) is 0 Å². The molecule has 0 unspecified atom stereocenters. The maximum Gasteiger partial charge on any atom is 0.323 e. The van der Waals surface area contributed by atoms with E-state index in [1.807, 2.05) is 6.92 Å². The Kier molecular flexibility index (Phi) is 2.06. The Hall–Kier alpha value is -0.570. The first kappa shape index (κ1) is 9.00. The third kappa shape index (κ3) is 1.26. The Balaban J connectivity index is 2.19. The summed E-state index contributed by atoms with van der Waals surface area (Å²) in [4.78, 5) is 11.1. The molecule has 0 amide bonds. The minimum Gasteiger partial charge on any atom is -0.480 e. The fraction of sp³-hybridized carbons (Fsp3) is 0.900. The number of hydrogen-bond donors (Lipinski definition) is 2. The molecular formula is C10H17NO2. The molecule has 3 nitrogen and oxygen atoms in total. The molecule has 1 aliphatic heterocycles. The summed E-state index contributed by atoms with van der Waals surface area (Å²) in [6.07, 6.45) is 4.77. The monoisotopic (exact) mass is 183 g/mol. The summed E-state index contributed by atoms with van der Waals surface area (Å²) >= 11 is 0. The number of carbonyl (C=O) groups is 1. The number of nitrogens with one attached hydrogen (secondary N) is 1. The van der Waals surface area contributed by atoms with Gasteiger partial charge < -0.3 is 10.4 Å². The minimum absolute atomic E-state index is 0.360. The van der Waals surface area contributed by atoms with Gasteiger partial charge >= 0.3 is 5.97 Å². The smallest absolute Gasteiger partial charge is 0.323 e. The van der Waals surface area contributed by atoms with Crippen LogP contribution in [0.25, 0.3) is 0 Å². The summed E-state index contributed by atoms with van der Waals surface area (Å²) in [5, 5.41) is 12.3. The minimum atomic E-state index is -0.679. The molecule has 3 atom stereocenters. The summed E-state index contributed by atoms with van der Waals surface area (Å²) in [5.74, 6) is 0.288. The molecule has 3 heteroatoms. The van der Waals surface area contributed by atoms with Crippen molar-refractivity contribution in [3.8, 4) is 0 Å². The fourth-order valence-electron chi connectivity index (χ4n) is 2.92. The largest absolute Gasteiger partial charge is 0.480 e. The van der Waals surface area contributed by atoms with Gasteiger partial charge in [-0.25, -0.2) is 0 Å². The molecule has 1 heterocycles. The predicted molar refractivity (Wildman–Crippen MR) is 49.5 cm³/mol. The van der Waals surface area contributed by atoms with Gasteiger partial charge in [-0.2, -0.15) is 0 Å². The van der Waals surface area contributed by atoms with Crippen LogP contribution in [-0.2, 0) is 4.79 Å². The first-order valence-corrected chi connectivity index (χ1v) is 5.13. The van der Waals surface area contributed by atoms with Crippen molar-refractivity contribution in [2.24, 2.45) is 11.8 Å². The SMILES string of the molecule is C[C@]1(C(=O)O)NC[C@H]2CCCC[C@H]21. The van der Waals surface area contributed by atoms with Gasteiger partial charge in [-0.3, -0.25) is 4.79 Å². The van der Waals surface area contributed by atoms with Crippen LogP contribution in [0.2, 0.25) is 0 Å². The van der Waals surface area contributed by atoms with Crippen molar-refractivity contribution >= 4 is 5.97 Å². The van der Waals surface area contributed by atoms with Crippen LogP contribution in [-0.4, -0.2) is 23.2 Å². The van der Waals surface area contributed by atoms with Crippen LogP contribution in [0, 0.1) is 11.8 Å². The molecule has 2 N–H and O–H groups in total. The van der Waals surface area contributed by atoms with E-state index in [9.17, 15) is 4.79 Å². The van der Waals surface area contributed by atoms with Gasteiger partial charge in [-0.15, -0.1) is 0 Å². The van der Waals surface area contributed by atoms with E-state index in [1.54, 1.807) is 0 Å². The lowest BCUT2D eigenvalue weighted by molar-refractivity contribution is -0.145. The molecule has 0 spiro atoms. The van der Waals surface area contributed by atoms with Crippen molar-refractivity contribution in [3.05, 3.63) is 0 Å². The third-order valence-electron chi connectivity index (χ3n) is 3.83. The normalized spacial score (nSPS) is 44.4. The standard InChI is InChI=1S/C10H17NO2/c1-10(9(12)13)8-5-3-2-4-7(8)6-11-10/h7-8,11H,2-6H2,1H3,(H,12,13)/t7-,8-,10+/m1/s1. The second kappa shape index (κ2) is 2.98. The van der Waals surface area contributed by atoms with Gasteiger partial charge in [-0.05, 0) is 38.1 Å². The molecule has 2 fully saturated rings. The number of fused-ring (bicyclic) bond motifs is 1. The predicted octanol–water partition coefficient (Wildman–Crippen LogP) is 1.24. The maximum atomic E-state index is 11.1. The number of hydrogen-bond acceptors (Lipinski definition) is 2. The number of rotatable bonds is 1. The lowest BCUT2D eigenvalue weighted by Crippen LogP contribution is -2.49. The Labute approximate surface area is 78.5 Å². The quantitative estimate of drug-likeness (QED) is 0.643. The second-order valence-corrected chi connectivity index (χ2v) is 4.54. The zero-order valence-electron chi connectivity index (χ0n) is 8.05. The zero-order chi connectivity index (χ0) is 9.47. The van der Waals surface area contributed by atoms with Gasteiger partial charge in [0.05, 0.1) is 0 Å². The van der Waals surface area contributed by atoms with E-state index < -0.39 is 11.5 Å². The molecular weight excluding hydrogens is 166 g/mol. The number of carboxylic acids is 1. The Morgan fingerprint density at radius 3 is 2.85 bits per heavy atom. The summed E-state index contributed by atoms with van der Waals surface area (Å²) < 4.78 is 0. The van der Waals surface area contributed by atoms with Crippen LogP contribution in [0.1, 0.15) is 32.6 Å². The van der Waals surface area contributed by atoms with Gasteiger partial charge in [0.15, 0.2) is 0 Å². The summed E-state index contributed by atoms with van der Waals surface area (Å²) in [6.45, 7) is 2.73. The molecule has 1 saturated carbocycles. The summed E-state index contributed by atoms with van der Waals surface area (Å²) in [7, 11) is 0. The molecule has 2 rings (SSSR count). The maximum absolute atomic E-state index is 11.1. The zero-order valence-corrected chi connectivity index (χ0v) is 8.05. The van der Waals surface area contributed by atoms with Crippen molar-refractivity contribution in [2.75, 3.05) is 6.54 Å². The summed E-state index contributed by atoms with van der Waals surface area (Å²) in [6, 6.07) is 0. The van der Waals surface area contributed by atoms with Crippen molar-refractivity contribution in [1.82, 2.24) is 5.32 Å². The van der Waals surface area contributed by atoms with Crippen molar-refractivity contribution < 1.29 is 9.90 Å². The first-order chi connectivity index (χ1) is 6.14. The fourth-order valence-corrected chi connectivity index (χ4v) is 2.92. The van der Waals surface area contributed by atoms with Crippen LogP contribution >= 0.6 is 0 Å². The molecule has 13 heavy (non-hydrogen) atoms. The van der Waals surface area contributed by atoms with E-state index in [4.69, 9.17) is 5.11 Å². The average molecular weight is 183 g/mol. The van der Waals surface area contributed by atoms with Crippen LogP contribution in [0.4, 0.5) is 0 Å². The van der Waals surface area contributed by atoms with E-state index in [0.29, 0.717) is 11.8 Å². The number of aliphatic carboxylic acids is 1. The lowest BCUT2D eigenvalue weighted by atomic mass is 9.73. The molecule has 0 bridgehead atoms. The van der Waals surface area contributed by atoms with E-state index in [0.717, 1.165) is 13.0 Å². The molecule has 1 saturated heterocycles. The second-order valence-electron chi connectivity index (χ2n) is 4.54. The van der Waals surface area contributed by atoms with Crippen LogP contribution in [0.5, 0.6) is 0 Å². The Morgan fingerprint density at radius 2 is 2.15 bits per heavy atom. The van der Waals surface area contributed by atoms with Crippen LogP contribution in [0.15, 0.2) is 0 Å². The van der Waals surface area contributed by atoms with E-state index in [1.165, 1.54) is 19.3 Å². The van der Waals surface area contributed by atoms with E-state index in [-0.39, 0.29) is 0 Å². The molecule has 0 radical (unpaired) electrons. The molecule has 74 valence electrons. The Bertz CT molecular complexity index is 229. The van der Waals surface area contributed by atoms with E-state index in [2.05, 4.69) is 5.32 Å². The van der Waals surface area contributed by atoms with Crippen molar-refractivity contribution in [2.45, 2.75) is 38.1 Å². The van der Waals surface area contributed by atoms with Gasteiger partial charge in [0.2, 0.25) is 0 Å². The first-order valence-electron chi connectivity index (χ1n) is 5.13. The molecule has 2 aliphatic rings. The van der Waals surface area contributed by atoms with E-state index >= 15 is 0 Å². The van der Waals surface area contributed by atoms with Crippen molar-refractivity contribution in [3.63, 3.8) is 0 Å².